The summed E-state index contributed by atoms with van der Waals surface area (Å²) in [6, 6.07) is 4.68. The molecule has 0 radical (unpaired) electrons. The smallest absolute Gasteiger partial charge is 0.216 e. The SMILES string of the molecule is Cn1[nH]c(-c2ccc(F)c(Br)c2)nc1=S. The van der Waals surface area contributed by atoms with Gasteiger partial charge in [-0.25, -0.2) is 4.39 Å². The van der Waals surface area contributed by atoms with Gasteiger partial charge >= 0.3 is 0 Å². The molecule has 0 atom stereocenters. The quantitative estimate of drug-likeness (QED) is 0.818. The maximum absolute atomic E-state index is 13.0. The van der Waals surface area contributed by atoms with Crippen LogP contribution in [0.1, 0.15) is 0 Å². The number of aromatic amines is 1. The number of nitrogens with zero attached hydrogens (tertiary/aromatic N) is 2. The first-order chi connectivity index (χ1) is 7.08. The molecule has 3 nitrogen and oxygen atoms in total. The summed E-state index contributed by atoms with van der Waals surface area (Å²) in [6.07, 6.45) is 0. The van der Waals surface area contributed by atoms with Gasteiger partial charge in [0.25, 0.3) is 0 Å². The first-order valence-electron chi connectivity index (χ1n) is 4.16. The van der Waals surface area contributed by atoms with Crippen LogP contribution in [0.4, 0.5) is 4.39 Å². The molecule has 0 spiro atoms. The minimum atomic E-state index is -0.298. The molecule has 1 heterocycles. The zero-order valence-electron chi connectivity index (χ0n) is 7.79. The lowest BCUT2D eigenvalue weighted by molar-refractivity contribution is 0.621. The van der Waals surface area contributed by atoms with Crippen LogP contribution in [-0.4, -0.2) is 14.8 Å². The average molecular weight is 288 g/mol. The van der Waals surface area contributed by atoms with E-state index in [1.54, 1.807) is 23.9 Å². The maximum atomic E-state index is 13.0. The van der Waals surface area contributed by atoms with Crippen molar-refractivity contribution in [2.24, 2.45) is 7.05 Å². The molecule has 0 aliphatic heterocycles. The molecule has 1 N–H and O–H groups in total. The van der Waals surface area contributed by atoms with Crippen molar-refractivity contribution in [2.45, 2.75) is 0 Å². The average Bonchev–Trinajstić information content (AvgIpc) is 2.52. The van der Waals surface area contributed by atoms with Crippen LogP contribution in [0.5, 0.6) is 0 Å². The lowest BCUT2D eigenvalue weighted by Gasteiger charge is -1.98. The third kappa shape index (κ3) is 2.00. The Morgan fingerprint density at radius 3 is 2.80 bits per heavy atom. The summed E-state index contributed by atoms with van der Waals surface area (Å²) in [6.45, 7) is 0. The van der Waals surface area contributed by atoms with Crippen LogP contribution in [0.2, 0.25) is 0 Å². The molecule has 78 valence electrons. The van der Waals surface area contributed by atoms with E-state index < -0.39 is 0 Å². The number of H-pyrrole nitrogens is 1. The molecule has 0 aliphatic rings. The Hall–Kier alpha value is -1.01. The molecule has 1 aromatic carbocycles. The molecule has 0 fully saturated rings. The van der Waals surface area contributed by atoms with Crippen LogP contribution in [0.15, 0.2) is 22.7 Å². The lowest BCUT2D eigenvalue weighted by atomic mass is 10.2. The van der Waals surface area contributed by atoms with Gasteiger partial charge in [-0.05, 0) is 46.3 Å². The van der Waals surface area contributed by atoms with Crippen LogP contribution in [0, 0.1) is 10.6 Å². The molecular weight excluding hydrogens is 281 g/mol. The number of rotatable bonds is 1. The molecule has 15 heavy (non-hydrogen) atoms. The summed E-state index contributed by atoms with van der Waals surface area (Å²) in [4.78, 5) is 4.13. The Kier molecular flexibility index (Phi) is 2.70. The largest absolute Gasteiger partial charge is 0.279 e. The fraction of sp³-hybridized carbons (Fsp3) is 0.111. The molecule has 0 saturated heterocycles. The molecule has 0 aliphatic carbocycles. The normalized spacial score (nSPS) is 10.6. The molecular formula is C9H7BrFN3S. The first-order valence-corrected chi connectivity index (χ1v) is 5.36. The number of benzene rings is 1. The van der Waals surface area contributed by atoms with Crippen molar-refractivity contribution in [1.82, 2.24) is 14.8 Å². The van der Waals surface area contributed by atoms with E-state index in [-0.39, 0.29) is 5.82 Å². The summed E-state index contributed by atoms with van der Waals surface area (Å²) in [5.74, 6) is 0.330. The molecule has 0 unspecified atom stereocenters. The molecule has 6 heteroatoms. The van der Waals surface area contributed by atoms with Gasteiger partial charge in [0.2, 0.25) is 4.77 Å². The molecule has 2 aromatic rings. The molecule has 2 rings (SSSR count). The third-order valence-electron chi connectivity index (χ3n) is 1.96. The van der Waals surface area contributed by atoms with Gasteiger partial charge < -0.3 is 0 Å². The van der Waals surface area contributed by atoms with Crippen LogP contribution in [0.3, 0.4) is 0 Å². The van der Waals surface area contributed by atoms with Gasteiger partial charge in [-0.3, -0.25) is 9.78 Å². The number of aryl methyl sites for hydroxylation is 1. The fourth-order valence-electron chi connectivity index (χ4n) is 1.17. The molecule has 0 amide bonds. The summed E-state index contributed by atoms with van der Waals surface area (Å²) in [5.41, 5.74) is 0.787. The summed E-state index contributed by atoms with van der Waals surface area (Å²) in [5, 5.41) is 2.97. The predicted molar refractivity (Wildman–Crippen MR) is 61.5 cm³/mol. The van der Waals surface area contributed by atoms with E-state index in [1.807, 2.05) is 0 Å². The number of hydrogen-bond donors (Lipinski definition) is 1. The molecule has 0 saturated carbocycles. The topological polar surface area (TPSA) is 33.6 Å². The molecule has 1 aromatic heterocycles. The summed E-state index contributed by atoms with van der Waals surface area (Å²) in [7, 11) is 1.78. The highest BCUT2D eigenvalue weighted by Gasteiger charge is 2.05. The second-order valence-corrected chi connectivity index (χ2v) is 4.26. The van der Waals surface area contributed by atoms with Crippen molar-refractivity contribution in [3.05, 3.63) is 33.3 Å². The highest BCUT2D eigenvalue weighted by molar-refractivity contribution is 9.10. The lowest BCUT2D eigenvalue weighted by Crippen LogP contribution is -1.89. The zero-order chi connectivity index (χ0) is 11.0. The standard InChI is InChI=1S/C9H7BrFN3S/c1-14-9(15)12-8(13-14)5-2-3-7(11)6(10)4-5/h2-4H,1H3,(H,12,13,15). The number of aromatic nitrogens is 3. The summed E-state index contributed by atoms with van der Waals surface area (Å²) >= 11 is 8.09. The van der Waals surface area contributed by atoms with E-state index in [2.05, 4.69) is 26.0 Å². The Bertz CT molecular complexity index is 561. The highest BCUT2D eigenvalue weighted by Crippen LogP contribution is 2.22. The van der Waals surface area contributed by atoms with Crippen LogP contribution in [-0.2, 0) is 7.05 Å². The second kappa shape index (κ2) is 3.86. The zero-order valence-corrected chi connectivity index (χ0v) is 10.2. The van der Waals surface area contributed by atoms with Crippen molar-refractivity contribution in [2.75, 3.05) is 0 Å². The van der Waals surface area contributed by atoms with Crippen LogP contribution < -0.4 is 0 Å². The van der Waals surface area contributed by atoms with Gasteiger partial charge in [-0.15, -0.1) is 0 Å². The van der Waals surface area contributed by atoms with Crippen molar-refractivity contribution < 1.29 is 4.39 Å². The summed E-state index contributed by atoms with van der Waals surface area (Å²) < 4.78 is 15.5. The monoisotopic (exact) mass is 287 g/mol. The van der Waals surface area contributed by atoms with Crippen molar-refractivity contribution in [1.29, 1.82) is 0 Å². The second-order valence-electron chi connectivity index (χ2n) is 3.04. The van der Waals surface area contributed by atoms with Gasteiger partial charge in [0.05, 0.1) is 4.47 Å². The van der Waals surface area contributed by atoms with E-state index in [4.69, 9.17) is 12.2 Å². The van der Waals surface area contributed by atoms with Crippen molar-refractivity contribution >= 4 is 28.1 Å². The van der Waals surface area contributed by atoms with E-state index in [0.29, 0.717) is 15.1 Å². The Labute approximate surface area is 99.1 Å². The Morgan fingerprint density at radius 2 is 2.27 bits per heavy atom. The predicted octanol–water partition coefficient (Wildman–Crippen LogP) is 3.05. The number of hydrogen-bond acceptors (Lipinski definition) is 2. The minimum absolute atomic E-state index is 0.298. The fourth-order valence-corrected chi connectivity index (χ4v) is 1.69. The van der Waals surface area contributed by atoms with Gasteiger partial charge in [0.15, 0.2) is 5.82 Å². The maximum Gasteiger partial charge on any atom is 0.216 e. The van der Waals surface area contributed by atoms with E-state index in [0.717, 1.165) is 5.56 Å². The Balaban J connectivity index is 2.54. The van der Waals surface area contributed by atoms with E-state index in [1.165, 1.54) is 6.07 Å². The van der Waals surface area contributed by atoms with Crippen LogP contribution in [0.25, 0.3) is 11.4 Å². The van der Waals surface area contributed by atoms with Gasteiger partial charge in [0, 0.05) is 12.6 Å². The first kappa shape index (κ1) is 10.5. The van der Waals surface area contributed by atoms with Crippen LogP contribution >= 0.6 is 28.1 Å². The number of nitrogens with one attached hydrogen (secondary N) is 1. The van der Waals surface area contributed by atoms with E-state index >= 15 is 0 Å². The molecule has 0 bridgehead atoms. The minimum Gasteiger partial charge on any atom is -0.279 e. The van der Waals surface area contributed by atoms with E-state index in [9.17, 15) is 4.39 Å². The Morgan fingerprint density at radius 1 is 1.53 bits per heavy atom. The van der Waals surface area contributed by atoms with Gasteiger partial charge in [-0.1, -0.05) is 0 Å². The van der Waals surface area contributed by atoms with Crippen molar-refractivity contribution in [3.63, 3.8) is 0 Å². The van der Waals surface area contributed by atoms with Gasteiger partial charge in [-0.2, -0.15) is 4.98 Å². The van der Waals surface area contributed by atoms with Crippen molar-refractivity contribution in [3.8, 4) is 11.4 Å². The van der Waals surface area contributed by atoms with Gasteiger partial charge in [0.1, 0.15) is 5.82 Å². The number of halogens is 2. The highest BCUT2D eigenvalue weighted by atomic mass is 79.9. The third-order valence-corrected chi connectivity index (χ3v) is 2.93.